The summed E-state index contributed by atoms with van der Waals surface area (Å²) >= 11 is 0. The first-order valence-electron chi connectivity index (χ1n) is 8.88. The second-order valence-electron chi connectivity index (χ2n) is 6.40. The topological polar surface area (TPSA) is 79.4 Å². The van der Waals surface area contributed by atoms with Crippen LogP contribution in [0.15, 0.2) is 30.5 Å². The third-order valence-corrected chi connectivity index (χ3v) is 4.37. The number of aromatic nitrogens is 2. The normalized spacial score (nSPS) is 14.2. The van der Waals surface area contributed by atoms with Gasteiger partial charge in [-0.15, -0.1) is 5.10 Å². The number of amides is 1. The van der Waals surface area contributed by atoms with Gasteiger partial charge in [-0.25, -0.2) is 0 Å². The Morgan fingerprint density at radius 3 is 2.81 bits per heavy atom. The SMILES string of the molecule is Cc1ccc(C)c(C(=O)NCCNc2cc(N3CCOCC3)cnn2)c1. The zero-order valence-corrected chi connectivity index (χ0v) is 15.3. The Bertz CT molecular complexity index is 759. The van der Waals surface area contributed by atoms with Gasteiger partial charge in [0.05, 0.1) is 25.1 Å². The molecule has 2 heterocycles. The molecule has 26 heavy (non-hydrogen) atoms. The van der Waals surface area contributed by atoms with Crippen LogP contribution in [0.4, 0.5) is 11.5 Å². The Hall–Kier alpha value is -2.67. The van der Waals surface area contributed by atoms with Crippen LogP contribution in [0.25, 0.3) is 0 Å². The van der Waals surface area contributed by atoms with Crippen LogP contribution in [0.3, 0.4) is 0 Å². The molecule has 0 spiro atoms. The summed E-state index contributed by atoms with van der Waals surface area (Å²) in [6.07, 6.45) is 1.76. The fraction of sp³-hybridized carbons (Fsp3) is 0.421. The van der Waals surface area contributed by atoms with Crippen molar-refractivity contribution in [2.24, 2.45) is 0 Å². The number of nitrogens with one attached hydrogen (secondary N) is 2. The molecule has 0 bridgehead atoms. The van der Waals surface area contributed by atoms with E-state index in [1.54, 1.807) is 6.20 Å². The molecular weight excluding hydrogens is 330 g/mol. The van der Waals surface area contributed by atoms with Gasteiger partial charge in [-0.05, 0) is 25.5 Å². The Morgan fingerprint density at radius 2 is 2.00 bits per heavy atom. The number of nitrogens with zero attached hydrogens (tertiary/aromatic N) is 3. The summed E-state index contributed by atoms with van der Waals surface area (Å²) in [6, 6.07) is 7.86. The lowest BCUT2D eigenvalue weighted by atomic mass is 10.1. The van der Waals surface area contributed by atoms with E-state index in [0.29, 0.717) is 18.9 Å². The Balaban J connectivity index is 1.49. The zero-order chi connectivity index (χ0) is 18.4. The van der Waals surface area contributed by atoms with E-state index >= 15 is 0 Å². The number of anilines is 2. The minimum absolute atomic E-state index is 0.0545. The molecule has 1 aromatic carbocycles. The molecule has 138 valence electrons. The highest BCUT2D eigenvalue weighted by atomic mass is 16.5. The molecule has 1 aliphatic heterocycles. The quantitative estimate of drug-likeness (QED) is 0.769. The first kappa shape index (κ1) is 18.1. The van der Waals surface area contributed by atoms with Gasteiger partial charge in [0, 0.05) is 37.8 Å². The van der Waals surface area contributed by atoms with Crippen LogP contribution in [0, 0.1) is 13.8 Å². The molecule has 1 fully saturated rings. The smallest absolute Gasteiger partial charge is 0.251 e. The molecule has 1 amide bonds. The van der Waals surface area contributed by atoms with Crippen LogP contribution in [0.5, 0.6) is 0 Å². The summed E-state index contributed by atoms with van der Waals surface area (Å²) in [5.41, 5.74) is 3.81. The van der Waals surface area contributed by atoms with Gasteiger partial charge in [-0.1, -0.05) is 17.7 Å². The Kier molecular flexibility index (Phi) is 6.01. The Morgan fingerprint density at radius 1 is 1.19 bits per heavy atom. The average Bonchev–Trinajstić information content (AvgIpc) is 2.68. The molecule has 0 aliphatic carbocycles. The van der Waals surface area contributed by atoms with Gasteiger partial charge in [-0.2, -0.15) is 5.10 Å². The van der Waals surface area contributed by atoms with Gasteiger partial charge >= 0.3 is 0 Å². The molecule has 7 nitrogen and oxygen atoms in total. The van der Waals surface area contributed by atoms with Gasteiger partial charge in [0.15, 0.2) is 5.82 Å². The van der Waals surface area contributed by atoms with Crippen molar-refractivity contribution in [2.75, 3.05) is 49.6 Å². The lowest BCUT2D eigenvalue weighted by Gasteiger charge is -2.28. The largest absolute Gasteiger partial charge is 0.378 e. The maximum absolute atomic E-state index is 12.3. The van der Waals surface area contributed by atoms with E-state index in [9.17, 15) is 4.79 Å². The van der Waals surface area contributed by atoms with Crippen LogP contribution < -0.4 is 15.5 Å². The molecule has 1 aromatic heterocycles. The van der Waals surface area contributed by atoms with Gasteiger partial charge < -0.3 is 20.3 Å². The maximum Gasteiger partial charge on any atom is 0.251 e. The van der Waals surface area contributed by atoms with E-state index in [4.69, 9.17) is 4.74 Å². The minimum atomic E-state index is -0.0545. The molecule has 7 heteroatoms. The number of morpholine rings is 1. The molecular formula is C19H25N5O2. The third kappa shape index (κ3) is 4.70. The highest BCUT2D eigenvalue weighted by Gasteiger charge is 2.12. The van der Waals surface area contributed by atoms with Gasteiger partial charge in [0.1, 0.15) is 0 Å². The van der Waals surface area contributed by atoms with E-state index in [1.165, 1.54) is 0 Å². The highest BCUT2D eigenvalue weighted by molar-refractivity contribution is 5.95. The standard InChI is InChI=1S/C19H25N5O2/c1-14-3-4-15(2)17(11-14)19(25)21-6-5-20-18-12-16(13-22-23-18)24-7-9-26-10-8-24/h3-4,11-13H,5-10H2,1-2H3,(H,20,23)(H,21,25). The number of hydrogen-bond donors (Lipinski definition) is 2. The van der Waals surface area contributed by atoms with E-state index < -0.39 is 0 Å². The van der Waals surface area contributed by atoms with Gasteiger partial charge in [0.2, 0.25) is 0 Å². The first-order chi connectivity index (χ1) is 12.6. The van der Waals surface area contributed by atoms with E-state index in [2.05, 4.69) is 25.7 Å². The van der Waals surface area contributed by atoms with Crippen molar-refractivity contribution >= 4 is 17.4 Å². The number of rotatable bonds is 6. The summed E-state index contributed by atoms with van der Waals surface area (Å²) in [4.78, 5) is 14.5. The molecule has 3 rings (SSSR count). The summed E-state index contributed by atoms with van der Waals surface area (Å²) in [7, 11) is 0. The zero-order valence-electron chi connectivity index (χ0n) is 15.3. The van der Waals surface area contributed by atoms with Crippen molar-refractivity contribution in [3.05, 3.63) is 47.2 Å². The van der Waals surface area contributed by atoms with E-state index in [1.807, 2.05) is 38.1 Å². The predicted octanol–water partition coefficient (Wildman–Crippen LogP) is 1.77. The second kappa shape index (κ2) is 8.62. The summed E-state index contributed by atoms with van der Waals surface area (Å²) < 4.78 is 5.37. The summed E-state index contributed by atoms with van der Waals surface area (Å²) in [5.74, 6) is 0.649. The van der Waals surface area contributed by atoms with Crippen molar-refractivity contribution in [2.45, 2.75) is 13.8 Å². The van der Waals surface area contributed by atoms with Gasteiger partial charge in [0.25, 0.3) is 5.91 Å². The van der Waals surface area contributed by atoms with Gasteiger partial charge in [-0.3, -0.25) is 4.79 Å². The van der Waals surface area contributed by atoms with Crippen molar-refractivity contribution < 1.29 is 9.53 Å². The fourth-order valence-electron chi connectivity index (χ4n) is 2.88. The van der Waals surface area contributed by atoms with Crippen LogP contribution in [-0.4, -0.2) is 55.5 Å². The molecule has 0 saturated carbocycles. The Labute approximate surface area is 153 Å². The number of ether oxygens (including phenoxy) is 1. The lowest BCUT2D eigenvalue weighted by molar-refractivity contribution is 0.0954. The van der Waals surface area contributed by atoms with Crippen molar-refractivity contribution in [1.82, 2.24) is 15.5 Å². The van der Waals surface area contributed by atoms with E-state index in [-0.39, 0.29) is 5.91 Å². The molecule has 0 atom stereocenters. The minimum Gasteiger partial charge on any atom is -0.378 e. The second-order valence-corrected chi connectivity index (χ2v) is 6.40. The highest BCUT2D eigenvalue weighted by Crippen LogP contribution is 2.17. The van der Waals surface area contributed by atoms with Crippen LogP contribution in [-0.2, 0) is 4.74 Å². The number of benzene rings is 1. The van der Waals surface area contributed by atoms with Crippen LogP contribution in [0.2, 0.25) is 0 Å². The van der Waals surface area contributed by atoms with E-state index in [0.717, 1.165) is 48.7 Å². The third-order valence-electron chi connectivity index (χ3n) is 4.37. The van der Waals surface area contributed by atoms with Crippen LogP contribution in [0.1, 0.15) is 21.5 Å². The monoisotopic (exact) mass is 355 g/mol. The average molecular weight is 355 g/mol. The van der Waals surface area contributed by atoms with Crippen molar-refractivity contribution in [3.8, 4) is 0 Å². The summed E-state index contributed by atoms with van der Waals surface area (Å²) in [6.45, 7) is 8.20. The van der Waals surface area contributed by atoms with Crippen molar-refractivity contribution in [3.63, 3.8) is 0 Å². The number of hydrogen-bond acceptors (Lipinski definition) is 6. The molecule has 1 saturated heterocycles. The molecule has 1 aliphatic rings. The summed E-state index contributed by atoms with van der Waals surface area (Å²) in [5, 5.41) is 14.3. The first-order valence-corrected chi connectivity index (χ1v) is 8.88. The van der Waals surface area contributed by atoms with Crippen molar-refractivity contribution in [1.29, 1.82) is 0 Å². The number of carbonyl (C=O) groups excluding carboxylic acids is 1. The molecule has 0 unspecified atom stereocenters. The maximum atomic E-state index is 12.3. The predicted molar refractivity (Wildman–Crippen MR) is 102 cm³/mol. The number of carbonyl (C=O) groups is 1. The molecule has 2 N–H and O–H groups in total. The van der Waals surface area contributed by atoms with Crippen LogP contribution >= 0.6 is 0 Å². The number of aryl methyl sites for hydroxylation is 2. The molecule has 2 aromatic rings. The molecule has 0 radical (unpaired) electrons. The lowest BCUT2D eigenvalue weighted by Crippen LogP contribution is -2.36. The fourth-order valence-corrected chi connectivity index (χ4v) is 2.88.